The second-order valence-electron chi connectivity index (χ2n) is 10.5. The Balaban J connectivity index is 1.54. The zero-order chi connectivity index (χ0) is 31.3. The van der Waals surface area contributed by atoms with Crippen molar-refractivity contribution < 1.29 is 23.9 Å². The van der Waals surface area contributed by atoms with E-state index in [9.17, 15) is 19.2 Å². The van der Waals surface area contributed by atoms with E-state index in [0.29, 0.717) is 24.0 Å². The number of fused-ring (bicyclic) bond motifs is 16. The monoisotopic (exact) mass is 595 g/mol. The Morgan fingerprint density at radius 1 is 0.864 bits per heavy atom. The van der Waals surface area contributed by atoms with E-state index in [2.05, 4.69) is 40.0 Å². The molecule has 2 bridgehead atoms. The number of nitrogens with one attached hydrogen (secondary N) is 5. The smallest absolute Gasteiger partial charge is 0.259 e. The second kappa shape index (κ2) is 16.0. The minimum Gasteiger partial charge on any atom is -0.484 e. The molecule has 44 heavy (non-hydrogen) atoms. The van der Waals surface area contributed by atoms with E-state index in [4.69, 9.17) is 4.74 Å². The first-order chi connectivity index (χ1) is 21.3. The number of rotatable bonds is 7. The van der Waals surface area contributed by atoms with E-state index in [1.54, 1.807) is 30.3 Å². The molecule has 0 saturated carbocycles. The van der Waals surface area contributed by atoms with Gasteiger partial charge in [-0.05, 0) is 47.2 Å². The average Bonchev–Trinajstić information content (AvgIpc) is 3.05. The van der Waals surface area contributed by atoms with E-state index in [0.717, 1.165) is 22.3 Å². The number of hydrogen-bond donors (Lipinski definition) is 5. The molecule has 228 valence electrons. The van der Waals surface area contributed by atoms with Crippen LogP contribution in [0.15, 0.2) is 104 Å². The molecule has 5 rings (SSSR count). The second-order valence-corrected chi connectivity index (χ2v) is 10.5. The molecule has 2 aliphatic heterocycles. The van der Waals surface area contributed by atoms with Crippen LogP contribution in [0.2, 0.25) is 0 Å². The number of carbonyl (C=O) groups is 4. The Bertz CT molecular complexity index is 1460. The van der Waals surface area contributed by atoms with Crippen molar-refractivity contribution in [2.45, 2.75) is 37.5 Å². The van der Waals surface area contributed by atoms with Crippen LogP contribution in [0.5, 0.6) is 5.75 Å². The summed E-state index contributed by atoms with van der Waals surface area (Å²) in [4.78, 5) is 50.5. The minimum atomic E-state index is -0.836. The Morgan fingerprint density at radius 2 is 1.57 bits per heavy atom. The number of carbonyl (C=O) groups excluding carboxylic acids is 4. The van der Waals surface area contributed by atoms with Gasteiger partial charge in [-0.1, -0.05) is 91.5 Å². The Kier molecular flexibility index (Phi) is 11.6. The highest BCUT2D eigenvalue weighted by Gasteiger charge is 2.23. The summed E-state index contributed by atoms with van der Waals surface area (Å²) < 4.78 is 5.64. The fourth-order valence-electron chi connectivity index (χ4n) is 4.64. The summed E-state index contributed by atoms with van der Waals surface area (Å²) in [5.74, 6) is -0.873. The number of hydrazine groups is 1. The van der Waals surface area contributed by atoms with Gasteiger partial charge in [-0.2, -0.15) is 0 Å². The van der Waals surface area contributed by atoms with Gasteiger partial charge in [-0.3, -0.25) is 14.4 Å². The lowest BCUT2D eigenvalue weighted by atomic mass is 10.0. The lowest BCUT2D eigenvalue weighted by molar-refractivity contribution is -0.128. The number of amides is 3. The molecule has 10 heteroatoms. The maximum Gasteiger partial charge on any atom is 0.259 e. The van der Waals surface area contributed by atoms with Gasteiger partial charge in [0.1, 0.15) is 18.1 Å². The summed E-state index contributed by atoms with van der Waals surface area (Å²) in [6.07, 6.45) is 2.41. The molecule has 2 aliphatic rings. The topological polar surface area (TPSA) is 138 Å². The number of ether oxygens (including phenoxy) is 1. The van der Waals surface area contributed by atoms with Gasteiger partial charge in [0.15, 0.2) is 6.61 Å². The number of benzene rings is 3. The summed E-state index contributed by atoms with van der Waals surface area (Å²) >= 11 is 0. The van der Waals surface area contributed by atoms with Crippen molar-refractivity contribution in [3.05, 3.63) is 115 Å². The number of aldehydes is 1. The van der Waals surface area contributed by atoms with E-state index >= 15 is 0 Å². The average molecular weight is 596 g/mol. The molecule has 0 aromatic heterocycles. The fraction of sp³-hybridized carbons (Fsp3) is 0.235. The quantitative estimate of drug-likeness (QED) is 0.161. The van der Waals surface area contributed by atoms with Gasteiger partial charge in [0.05, 0.1) is 18.8 Å². The third kappa shape index (κ3) is 9.75. The first-order valence-electron chi connectivity index (χ1n) is 14.3. The predicted molar refractivity (Wildman–Crippen MR) is 168 cm³/mol. The maximum atomic E-state index is 13.4. The highest BCUT2D eigenvalue weighted by Crippen LogP contribution is 2.20. The van der Waals surface area contributed by atoms with Crippen molar-refractivity contribution in [3.8, 4) is 16.9 Å². The molecule has 0 aliphatic carbocycles. The van der Waals surface area contributed by atoms with Gasteiger partial charge < -0.3 is 25.5 Å². The molecule has 0 unspecified atom stereocenters. The Hall–Kier alpha value is -5.06. The summed E-state index contributed by atoms with van der Waals surface area (Å²) in [6.45, 7) is 7.11. The van der Waals surface area contributed by atoms with Crippen LogP contribution < -0.4 is 31.5 Å². The van der Waals surface area contributed by atoms with Crippen LogP contribution in [0, 0.1) is 0 Å². The molecule has 5 N–H and O–H groups in total. The van der Waals surface area contributed by atoms with E-state index in [-0.39, 0.29) is 26.0 Å². The Labute approximate surface area is 256 Å². The van der Waals surface area contributed by atoms with Crippen LogP contribution in [0.4, 0.5) is 0 Å². The normalized spacial score (nSPS) is 20.0. The molecule has 0 radical (unpaired) electrons. The van der Waals surface area contributed by atoms with Crippen molar-refractivity contribution in [1.82, 2.24) is 26.8 Å². The van der Waals surface area contributed by atoms with Crippen LogP contribution >= 0.6 is 0 Å². The highest BCUT2D eigenvalue weighted by molar-refractivity contribution is 5.88. The predicted octanol–water partition coefficient (Wildman–Crippen LogP) is 2.37. The Morgan fingerprint density at radius 3 is 2.25 bits per heavy atom. The molecule has 3 aromatic rings. The third-order valence-electron chi connectivity index (χ3n) is 7.02. The van der Waals surface area contributed by atoms with Crippen molar-refractivity contribution >= 4 is 24.0 Å². The molecule has 0 saturated heterocycles. The standard InChI is InChI=1S/C34H37N5O5/c1-3-23(2)17-31-37-33(42)22-44-29-15-11-24(12-16-29)18-28(21-40)36-32(41)20-35-34(43)30(38-39-31)19-25-9-13-27(14-10-25)26-7-5-4-6-8-26/h3-16,21,28,30-31,38-39H,1-2,17-20,22H2,(H,35,43)(H,36,41)(H,37,42)/t28-,30+,31+/m0/s1. The minimum absolute atomic E-state index is 0.247. The van der Waals surface area contributed by atoms with E-state index in [1.165, 1.54) is 0 Å². The van der Waals surface area contributed by atoms with E-state index in [1.807, 2.05) is 54.6 Å². The highest BCUT2D eigenvalue weighted by atomic mass is 16.5. The van der Waals surface area contributed by atoms with Gasteiger partial charge in [-0.25, -0.2) is 10.9 Å². The number of allylic oxidation sites excluding steroid dienone is 1. The maximum absolute atomic E-state index is 13.4. The molecule has 10 nitrogen and oxygen atoms in total. The van der Waals surface area contributed by atoms with Crippen molar-refractivity contribution in [2.75, 3.05) is 13.2 Å². The molecular formula is C34H37N5O5. The van der Waals surface area contributed by atoms with Crippen LogP contribution in [0.3, 0.4) is 0 Å². The van der Waals surface area contributed by atoms with E-state index < -0.39 is 36.0 Å². The molecule has 3 aromatic carbocycles. The van der Waals surface area contributed by atoms with Gasteiger partial charge in [-0.15, -0.1) is 0 Å². The van der Waals surface area contributed by atoms with Crippen molar-refractivity contribution in [1.29, 1.82) is 0 Å². The summed E-state index contributed by atoms with van der Waals surface area (Å²) in [7, 11) is 0. The van der Waals surface area contributed by atoms with Crippen LogP contribution in [-0.4, -0.2) is 55.4 Å². The largest absolute Gasteiger partial charge is 0.484 e. The zero-order valence-corrected chi connectivity index (χ0v) is 24.4. The van der Waals surface area contributed by atoms with Crippen molar-refractivity contribution in [2.24, 2.45) is 0 Å². The molecule has 0 fully saturated rings. The van der Waals surface area contributed by atoms with Gasteiger partial charge >= 0.3 is 0 Å². The first-order valence-corrected chi connectivity index (χ1v) is 14.3. The third-order valence-corrected chi connectivity index (χ3v) is 7.02. The molecule has 3 atom stereocenters. The summed E-state index contributed by atoms with van der Waals surface area (Å²) in [5.41, 5.74) is 10.5. The van der Waals surface area contributed by atoms with Gasteiger partial charge in [0.2, 0.25) is 11.8 Å². The molecular weight excluding hydrogens is 558 g/mol. The van der Waals surface area contributed by atoms with Gasteiger partial charge in [0.25, 0.3) is 5.91 Å². The first kappa shape index (κ1) is 31.9. The van der Waals surface area contributed by atoms with Crippen molar-refractivity contribution in [3.63, 3.8) is 0 Å². The van der Waals surface area contributed by atoms with Crippen LogP contribution in [0.25, 0.3) is 11.1 Å². The SMILES string of the molecule is C=CC(=C)C[C@H]1NN[C@H](Cc2ccc(-c3ccccc3)cc2)C(=O)NCC(=O)N[C@H](C=O)Cc2ccc(cc2)OCC(=O)N1. The zero-order valence-electron chi connectivity index (χ0n) is 24.4. The molecule has 3 amide bonds. The lowest BCUT2D eigenvalue weighted by Crippen LogP contribution is -2.59. The van der Waals surface area contributed by atoms with Gasteiger partial charge in [0, 0.05) is 6.42 Å². The number of hydrogen-bond acceptors (Lipinski definition) is 7. The summed E-state index contributed by atoms with van der Waals surface area (Å²) in [5, 5.41) is 8.16. The molecule has 0 spiro atoms. The lowest BCUT2D eigenvalue weighted by Gasteiger charge is -2.25. The van der Waals surface area contributed by atoms with Crippen LogP contribution in [-0.2, 0) is 32.0 Å². The fourth-order valence-corrected chi connectivity index (χ4v) is 4.64. The molecule has 2 heterocycles. The van der Waals surface area contributed by atoms with Crippen LogP contribution in [0.1, 0.15) is 17.5 Å². The summed E-state index contributed by atoms with van der Waals surface area (Å²) in [6, 6.07) is 23.1.